The van der Waals surface area contributed by atoms with Gasteiger partial charge < -0.3 is 5.11 Å². The van der Waals surface area contributed by atoms with Gasteiger partial charge in [-0.05, 0) is 19.9 Å². The lowest BCUT2D eigenvalue weighted by Crippen LogP contribution is -2.34. The fraction of sp³-hybridized carbons (Fsp3) is 0.778. The van der Waals surface area contributed by atoms with E-state index in [9.17, 15) is 0 Å². The second-order valence-corrected chi connectivity index (χ2v) is 2.74. The number of nitrogens with zero attached hydrogens (tertiary/aromatic N) is 1. The van der Waals surface area contributed by atoms with Crippen LogP contribution in [0.4, 0.5) is 0 Å². The zero-order valence-corrected chi connectivity index (χ0v) is 7.58. The topological polar surface area (TPSA) is 23.5 Å². The molecule has 2 heteroatoms. The minimum Gasteiger partial charge on any atom is -0.395 e. The van der Waals surface area contributed by atoms with E-state index in [0.29, 0.717) is 6.04 Å². The second kappa shape index (κ2) is 6.38. The number of hydrogen-bond donors (Lipinski definition) is 1. The maximum absolute atomic E-state index is 8.73. The Morgan fingerprint density at radius 3 is 2.55 bits per heavy atom. The molecule has 0 aliphatic rings. The minimum absolute atomic E-state index is 0.234. The molecule has 0 aromatic rings. The van der Waals surface area contributed by atoms with E-state index >= 15 is 0 Å². The van der Waals surface area contributed by atoms with E-state index in [1.807, 2.05) is 6.08 Å². The summed E-state index contributed by atoms with van der Waals surface area (Å²) in [6.07, 6.45) is 3.03. The average Bonchev–Trinajstić information content (AvgIpc) is 2.03. The smallest absolute Gasteiger partial charge is 0.0558 e. The molecule has 0 heterocycles. The standard InChI is InChI=1S/C9H19NO/c1-4-6-10(7-8-11)9(3)5-2/h5,9,11H,2,4,6-8H2,1,3H3. The summed E-state index contributed by atoms with van der Waals surface area (Å²) in [6.45, 7) is 9.98. The van der Waals surface area contributed by atoms with E-state index in [4.69, 9.17) is 5.11 Å². The fourth-order valence-corrected chi connectivity index (χ4v) is 1.08. The maximum atomic E-state index is 8.73. The molecule has 0 bridgehead atoms. The third kappa shape index (κ3) is 4.17. The predicted octanol–water partition coefficient (Wildman–Crippen LogP) is 1.27. The summed E-state index contributed by atoms with van der Waals surface area (Å²) in [5.41, 5.74) is 0. The first-order valence-electron chi connectivity index (χ1n) is 4.23. The summed E-state index contributed by atoms with van der Waals surface area (Å²) in [5.74, 6) is 0. The highest BCUT2D eigenvalue weighted by Crippen LogP contribution is 1.99. The number of hydrogen-bond acceptors (Lipinski definition) is 2. The van der Waals surface area contributed by atoms with Crippen LogP contribution < -0.4 is 0 Å². The van der Waals surface area contributed by atoms with Crippen LogP contribution in [0, 0.1) is 0 Å². The molecule has 11 heavy (non-hydrogen) atoms. The Morgan fingerprint density at radius 2 is 2.18 bits per heavy atom. The Bertz CT molecular complexity index is 97.7. The van der Waals surface area contributed by atoms with Gasteiger partial charge in [-0.2, -0.15) is 0 Å². The molecule has 0 rings (SSSR count). The van der Waals surface area contributed by atoms with Crippen molar-refractivity contribution in [3.05, 3.63) is 12.7 Å². The van der Waals surface area contributed by atoms with Crippen molar-refractivity contribution >= 4 is 0 Å². The molecular weight excluding hydrogens is 138 g/mol. The first-order chi connectivity index (χ1) is 5.26. The third-order valence-corrected chi connectivity index (χ3v) is 1.82. The molecule has 1 atom stereocenters. The monoisotopic (exact) mass is 157 g/mol. The molecule has 1 unspecified atom stereocenters. The molecule has 0 aromatic heterocycles. The summed E-state index contributed by atoms with van der Waals surface area (Å²) in [7, 11) is 0. The highest BCUT2D eigenvalue weighted by molar-refractivity contribution is 4.83. The molecule has 66 valence electrons. The van der Waals surface area contributed by atoms with Crippen LogP contribution in [0.25, 0.3) is 0 Å². The van der Waals surface area contributed by atoms with Crippen molar-refractivity contribution in [2.45, 2.75) is 26.3 Å². The molecule has 0 aliphatic carbocycles. The fourth-order valence-electron chi connectivity index (χ4n) is 1.08. The molecule has 1 N–H and O–H groups in total. The van der Waals surface area contributed by atoms with Gasteiger partial charge in [0.2, 0.25) is 0 Å². The molecule has 2 nitrogen and oxygen atoms in total. The molecule has 0 aliphatic heterocycles. The average molecular weight is 157 g/mol. The maximum Gasteiger partial charge on any atom is 0.0558 e. The van der Waals surface area contributed by atoms with Crippen LogP contribution in [0.3, 0.4) is 0 Å². The molecule has 0 aromatic carbocycles. The normalized spacial score (nSPS) is 13.5. The van der Waals surface area contributed by atoms with Crippen molar-refractivity contribution in [3.63, 3.8) is 0 Å². The van der Waals surface area contributed by atoms with Crippen LogP contribution in [0.5, 0.6) is 0 Å². The molecule has 0 radical (unpaired) electrons. The van der Waals surface area contributed by atoms with Crippen molar-refractivity contribution in [1.82, 2.24) is 4.90 Å². The highest BCUT2D eigenvalue weighted by Gasteiger charge is 2.07. The highest BCUT2D eigenvalue weighted by atomic mass is 16.3. The summed E-state index contributed by atoms with van der Waals surface area (Å²) in [6, 6.07) is 0.377. The summed E-state index contributed by atoms with van der Waals surface area (Å²) >= 11 is 0. The van der Waals surface area contributed by atoms with Crippen molar-refractivity contribution in [2.75, 3.05) is 19.7 Å². The largest absolute Gasteiger partial charge is 0.395 e. The van der Waals surface area contributed by atoms with Gasteiger partial charge in [0.05, 0.1) is 6.61 Å². The van der Waals surface area contributed by atoms with Gasteiger partial charge in [0, 0.05) is 12.6 Å². The van der Waals surface area contributed by atoms with E-state index in [0.717, 1.165) is 19.5 Å². The summed E-state index contributed by atoms with van der Waals surface area (Å²) in [4.78, 5) is 2.22. The van der Waals surface area contributed by atoms with E-state index < -0.39 is 0 Å². The zero-order chi connectivity index (χ0) is 8.69. The zero-order valence-electron chi connectivity index (χ0n) is 7.58. The Labute approximate surface area is 69.5 Å². The second-order valence-electron chi connectivity index (χ2n) is 2.74. The quantitative estimate of drug-likeness (QED) is 0.587. The molecular formula is C9H19NO. The van der Waals surface area contributed by atoms with Crippen molar-refractivity contribution in [1.29, 1.82) is 0 Å². The number of aliphatic hydroxyl groups excluding tert-OH is 1. The Morgan fingerprint density at radius 1 is 1.55 bits per heavy atom. The van der Waals surface area contributed by atoms with Crippen LogP contribution >= 0.6 is 0 Å². The van der Waals surface area contributed by atoms with Gasteiger partial charge in [-0.15, -0.1) is 6.58 Å². The first kappa shape index (κ1) is 10.7. The van der Waals surface area contributed by atoms with Gasteiger partial charge >= 0.3 is 0 Å². The van der Waals surface area contributed by atoms with Gasteiger partial charge in [-0.1, -0.05) is 13.0 Å². The Kier molecular flexibility index (Phi) is 6.18. The molecule has 0 spiro atoms. The van der Waals surface area contributed by atoms with Gasteiger partial charge in [-0.3, -0.25) is 4.90 Å². The van der Waals surface area contributed by atoms with Gasteiger partial charge in [0.1, 0.15) is 0 Å². The third-order valence-electron chi connectivity index (χ3n) is 1.82. The molecule has 0 amide bonds. The van der Waals surface area contributed by atoms with Gasteiger partial charge in [0.15, 0.2) is 0 Å². The number of rotatable bonds is 6. The van der Waals surface area contributed by atoms with Crippen LogP contribution in [-0.4, -0.2) is 35.7 Å². The van der Waals surface area contributed by atoms with Crippen molar-refractivity contribution in [3.8, 4) is 0 Å². The predicted molar refractivity (Wildman–Crippen MR) is 48.6 cm³/mol. The van der Waals surface area contributed by atoms with Crippen LogP contribution in [0.2, 0.25) is 0 Å². The number of aliphatic hydroxyl groups is 1. The van der Waals surface area contributed by atoms with E-state index in [1.165, 1.54) is 0 Å². The lowest BCUT2D eigenvalue weighted by atomic mass is 10.2. The Hall–Kier alpha value is -0.340. The van der Waals surface area contributed by atoms with E-state index in [1.54, 1.807) is 0 Å². The van der Waals surface area contributed by atoms with Gasteiger partial charge in [0.25, 0.3) is 0 Å². The molecule has 0 fully saturated rings. The van der Waals surface area contributed by atoms with Crippen LogP contribution in [-0.2, 0) is 0 Å². The summed E-state index contributed by atoms with van der Waals surface area (Å²) < 4.78 is 0. The van der Waals surface area contributed by atoms with Crippen molar-refractivity contribution in [2.24, 2.45) is 0 Å². The first-order valence-corrected chi connectivity index (χ1v) is 4.23. The van der Waals surface area contributed by atoms with E-state index in [-0.39, 0.29) is 6.61 Å². The lowest BCUT2D eigenvalue weighted by Gasteiger charge is -2.25. The summed E-state index contributed by atoms with van der Waals surface area (Å²) in [5, 5.41) is 8.73. The molecule has 0 saturated heterocycles. The SMILES string of the molecule is C=CC(C)N(CCC)CCO. The molecule has 0 saturated carbocycles. The minimum atomic E-state index is 0.234. The van der Waals surface area contributed by atoms with Crippen LogP contribution in [0.1, 0.15) is 20.3 Å². The van der Waals surface area contributed by atoms with Crippen LogP contribution in [0.15, 0.2) is 12.7 Å². The lowest BCUT2D eigenvalue weighted by molar-refractivity contribution is 0.177. The van der Waals surface area contributed by atoms with Crippen molar-refractivity contribution < 1.29 is 5.11 Å². The Balaban J connectivity index is 3.75. The van der Waals surface area contributed by atoms with Gasteiger partial charge in [-0.25, -0.2) is 0 Å². The van der Waals surface area contributed by atoms with E-state index in [2.05, 4.69) is 25.3 Å².